The Kier molecular flexibility index (Phi) is 9.16. The quantitative estimate of drug-likeness (QED) is 0.513. The van der Waals surface area contributed by atoms with Crippen LogP contribution in [0.1, 0.15) is 44.1 Å². The molecule has 0 radical (unpaired) electrons. The van der Waals surface area contributed by atoms with E-state index < -0.39 is 0 Å². The maximum atomic E-state index is 13.0. The second-order valence-corrected chi connectivity index (χ2v) is 10.1. The van der Waals surface area contributed by atoms with Gasteiger partial charge >= 0.3 is 0 Å². The maximum absolute atomic E-state index is 13.0. The van der Waals surface area contributed by atoms with E-state index in [4.69, 9.17) is 0 Å². The predicted octanol–water partition coefficient (Wildman–Crippen LogP) is 3.67. The van der Waals surface area contributed by atoms with Crippen molar-refractivity contribution in [3.8, 4) is 0 Å². The molecule has 1 atom stereocenters. The van der Waals surface area contributed by atoms with E-state index in [-0.39, 0.29) is 5.91 Å². The molecular formula is C28H42N4O. The van der Waals surface area contributed by atoms with E-state index in [0.717, 1.165) is 51.1 Å². The van der Waals surface area contributed by atoms with E-state index >= 15 is 0 Å². The number of piperidine rings is 1. The first-order valence-electron chi connectivity index (χ1n) is 13.1. The fraction of sp³-hybridized carbons (Fsp3) is 0.607. The summed E-state index contributed by atoms with van der Waals surface area (Å²) in [4.78, 5) is 17.5. The molecular weight excluding hydrogens is 408 g/mol. The lowest BCUT2D eigenvalue weighted by Crippen LogP contribution is -2.41. The van der Waals surface area contributed by atoms with Crippen LogP contribution in [0.25, 0.3) is 10.8 Å². The highest BCUT2D eigenvalue weighted by Crippen LogP contribution is 2.22. The Labute approximate surface area is 199 Å². The smallest absolute Gasteiger partial charge is 0.227 e. The third-order valence-corrected chi connectivity index (χ3v) is 7.46. The number of hydrogen-bond donors (Lipinski definition) is 2. The molecule has 0 unspecified atom stereocenters. The van der Waals surface area contributed by atoms with Crippen molar-refractivity contribution in [2.75, 3.05) is 52.9 Å². The summed E-state index contributed by atoms with van der Waals surface area (Å²) in [5.41, 5.74) is 1.15. The number of carbonyl (C=O) groups is 1. The van der Waals surface area contributed by atoms with E-state index in [1.54, 1.807) is 0 Å². The molecule has 2 aromatic carbocycles. The van der Waals surface area contributed by atoms with Crippen LogP contribution in [-0.2, 0) is 11.2 Å². The Morgan fingerprint density at radius 2 is 1.91 bits per heavy atom. The zero-order valence-electron chi connectivity index (χ0n) is 20.4. The maximum Gasteiger partial charge on any atom is 0.227 e. The van der Waals surface area contributed by atoms with Gasteiger partial charge in [0.25, 0.3) is 0 Å². The Balaban J connectivity index is 1.10. The van der Waals surface area contributed by atoms with E-state index in [0.29, 0.717) is 18.4 Å². The van der Waals surface area contributed by atoms with Gasteiger partial charge in [-0.25, -0.2) is 0 Å². The fourth-order valence-electron chi connectivity index (χ4n) is 5.46. The minimum absolute atomic E-state index is 0.276. The summed E-state index contributed by atoms with van der Waals surface area (Å²) in [5, 5.41) is 9.57. The minimum atomic E-state index is 0.276. The first-order valence-corrected chi connectivity index (χ1v) is 13.1. The number of likely N-dealkylation sites (tertiary alicyclic amines) is 1. The standard InChI is InChI=1S/C28H42N4O/c1-31(17-5-4-15-29-21-26-11-7-16-30-26)22-23-13-18-32(19-14-23)28(33)20-25-10-6-9-24-8-2-3-12-27(24)25/h2-3,6,8-10,12,23,26,29-30H,4-5,7,11,13-22H2,1H3/t26-/m0/s1. The van der Waals surface area contributed by atoms with Crippen molar-refractivity contribution in [2.45, 2.75) is 51.0 Å². The Hall–Kier alpha value is -1.95. The zero-order valence-corrected chi connectivity index (χ0v) is 20.4. The number of fused-ring (bicyclic) bond motifs is 1. The van der Waals surface area contributed by atoms with E-state index in [2.05, 4.69) is 69.9 Å². The van der Waals surface area contributed by atoms with Crippen LogP contribution < -0.4 is 10.6 Å². The van der Waals surface area contributed by atoms with Gasteiger partial charge in [-0.1, -0.05) is 42.5 Å². The fourth-order valence-corrected chi connectivity index (χ4v) is 5.46. The highest BCUT2D eigenvalue weighted by atomic mass is 16.2. The molecule has 0 bridgehead atoms. The van der Waals surface area contributed by atoms with Gasteiger partial charge in [0.05, 0.1) is 6.42 Å². The zero-order chi connectivity index (χ0) is 22.9. The van der Waals surface area contributed by atoms with Gasteiger partial charge < -0.3 is 20.4 Å². The third-order valence-electron chi connectivity index (χ3n) is 7.46. The van der Waals surface area contributed by atoms with Gasteiger partial charge in [-0.05, 0) is 87.5 Å². The van der Waals surface area contributed by atoms with Crippen molar-refractivity contribution in [3.05, 3.63) is 48.0 Å². The van der Waals surface area contributed by atoms with Crippen LogP contribution in [-0.4, -0.2) is 74.6 Å². The molecule has 2 aliphatic rings. The molecule has 2 saturated heterocycles. The van der Waals surface area contributed by atoms with Gasteiger partial charge in [0.15, 0.2) is 0 Å². The van der Waals surface area contributed by atoms with Gasteiger partial charge in [-0.15, -0.1) is 0 Å². The second-order valence-electron chi connectivity index (χ2n) is 10.1. The van der Waals surface area contributed by atoms with Crippen LogP contribution in [0.4, 0.5) is 0 Å². The number of hydrogen-bond acceptors (Lipinski definition) is 4. The van der Waals surface area contributed by atoms with Crippen LogP contribution in [0, 0.1) is 5.92 Å². The lowest BCUT2D eigenvalue weighted by molar-refractivity contribution is -0.131. The molecule has 2 aromatic rings. The molecule has 2 heterocycles. The van der Waals surface area contributed by atoms with Crippen LogP contribution in [0.3, 0.4) is 0 Å². The molecule has 5 heteroatoms. The average Bonchev–Trinajstić information content (AvgIpc) is 3.35. The summed E-state index contributed by atoms with van der Waals surface area (Å²) >= 11 is 0. The Bertz CT molecular complexity index is 866. The molecule has 5 nitrogen and oxygen atoms in total. The van der Waals surface area contributed by atoms with Crippen molar-refractivity contribution >= 4 is 16.7 Å². The van der Waals surface area contributed by atoms with Gasteiger partial charge in [0.1, 0.15) is 0 Å². The number of benzene rings is 2. The van der Waals surface area contributed by atoms with Crippen LogP contribution in [0.5, 0.6) is 0 Å². The SMILES string of the molecule is CN(CCCCNC[C@@H]1CCCN1)CC1CCN(C(=O)Cc2cccc3ccccc23)CC1. The molecule has 2 aliphatic heterocycles. The Morgan fingerprint density at radius 3 is 2.73 bits per heavy atom. The number of nitrogens with zero attached hydrogens (tertiary/aromatic N) is 2. The lowest BCUT2D eigenvalue weighted by atomic mass is 9.95. The van der Waals surface area contributed by atoms with Crippen molar-refractivity contribution in [2.24, 2.45) is 5.92 Å². The normalized spacial score (nSPS) is 19.6. The van der Waals surface area contributed by atoms with Crippen molar-refractivity contribution in [1.29, 1.82) is 0 Å². The van der Waals surface area contributed by atoms with Gasteiger partial charge in [-0.2, -0.15) is 0 Å². The molecule has 0 aliphatic carbocycles. The van der Waals surface area contributed by atoms with Crippen LogP contribution >= 0.6 is 0 Å². The number of carbonyl (C=O) groups excluding carboxylic acids is 1. The first-order chi connectivity index (χ1) is 16.2. The van der Waals surface area contributed by atoms with Crippen molar-refractivity contribution in [1.82, 2.24) is 20.4 Å². The average molecular weight is 451 g/mol. The summed E-state index contributed by atoms with van der Waals surface area (Å²) in [6, 6.07) is 15.3. The van der Waals surface area contributed by atoms with Crippen molar-refractivity contribution < 1.29 is 4.79 Å². The topological polar surface area (TPSA) is 47.6 Å². The van der Waals surface area contributed by atoms with E-state index in [1.165, 1.54) is 49.5 Å². The van der Waals surface area contributed by atoms with E-state index in [1.807, 2.05) is 0 Å². The number of unbranched alkanes of at least 4 members (excludes halogenated alkanes) is 1. The summed E-state index contributed by atoms with van der Waals surface area (Å²) in [7, 11) is 2.26. The summed E-state index contributed by atoms with van der Waals surface area (Å²) in [5.74, 6) is 0.988. The third kappa shape index (κ3) is 7.26. The summed E-state index contributed by atoms with van der Waals surface area (Å²) in [6.45, 7) is 7.57. The van der Waals surface area contributed by atoms with E-state index in [9.17, 15) is 4.79 Å². The van der Waals surface area contributed by atoms with Crippen LogP contribution in [0.2, 0.25) is 0 Å². The van der Waals surface area contributed by atoms with Crippen LogP contribution in [0.15, 0.2) is 42.5 Å². The highest BCUT2D eigenvalue weighted by Gasteiger charge is 2.24. The van der Waals surface area contributed by atoms with Gasteiger partial charge in [-0.3, -0.25) is 4.79 Å². The largest absolute Gasteiger partial charge is 0.342 e. The summed E-state index contributed by atoms with van der Waals surface area (Å²) < 4.78 is 0. The predicted molar refractivity (Wildman–Crippen MR) is 138 cm³/mol. The molecule has 180 valence electrons. The summed E-state index contributed by atoms with van der Waals surface area (Å²) in [6.07, 6.45) is 7.92. The first kappa shape index (κ1) is 24.2. The monoisotopic (exact) mass is 450 g/mol. The molecule has 2 fully saturated rings. The van der Waals surface area contributed by atoms with Gasteiger partial charge in [0, 0.05) is 32.2 Å². The highest BCUT2D eigenvalue weighted by molar-refractivity contribution is 5.90. The number of nitrogens with one attached hydrogen (secondary N) is 2. The molecule has 0 spiro atoms. The molecule has 33 heavy (non-hydrogen) atoms. The van der Waals surface area contributed by atoms with Gasteiger partial charge in [0.2, 0.25) is 5.91 Å². The molecule has 1 amide bonds. The second kappa shape index (κ2) is 12.5. The Morgan fingerprint density at radius 1 is 1.09 bits per heavy atom. The minimum Gasteiger partial charge on any atom is -0.342 e. The lowest BCUT2D eigenvalue weighted by Gasteiger charge is -2.34. The number of rotatable bonds is 11. The molecule has 2 N–H and O–H groups in total. The molecule has 0 saturated carbocycles. The van der Waals surface area contributed by atoms with Crippen molar-refractivity contribution in [3.63, 3.8) is 0 Å². The molecule has 0 aromatic heterocycles. The molecule has 4 rings (SSSR count). The number of amides is 1.